The summed E-state index contributed by atoms with van der Waals surface area (Å²) in [5.74, 6) is 0.728. The van der Waals surface area contributed by atoms with Crippen LogP contribution >= 0.6 is 31.9 Å². The van der Waals surface area contributed by atoms with Crippen LogP contribution < -0.4 is 20.9 Å². The van der Waals surface area contributed by atoms with Crippen molar-refractivity contribution < 1.29 is 4.74 Å². The summed E-state index contributed by atoms with van der Waals surface area (Å²) in [5, 5.41) is 6.58. The SMILES string of the molecule is COc1c(Br)cc(Cc2c3c(ccnc2=O)NC(C)N3)cc1Br. The highest BCUT2D eigenvalue weighted by Crippen LogP contribution is 2.36. The minimum Gasteiger partial charge on any atom is -0.494 e. The Balaban J connectivity index is 2.07. The number of aromatic nitrogens is 1. The molecule has 1 aliphatic heterocycles. The van der Waals surface area contributed by atoms with Crippen molar-refractivity contribution in [3.8, 4) is 5.75 Å². The smallest absolute Gasteiger partial charge is 0.275 e. The number of hydrogen-bond donors (Lipinski definition) is 2. The number of ether oxygens (including phenoxy) is 1. The predicted molar refractivity (Wildman–Crippen MR) is 98.4 cm³/mol. The van der Waals surface area contributed by atoms with E-state index in [0.29, 0.717) is 12.0 Å². The van der Waals surface area contributed by atoms with Gasteiger partial charge in [0.05, 0.1) is 33.6 Å². The normalized spacial score (nSPS) is 15.6. The maximum Gasteiger partial charge on any atom is 0.275 e. The lowest BCUT2D eigenvalue weighted by Crippen LogP contribution is -2.18. The Bertz CT molecular complexity index is 804. The van der Waals surface area contributed by atoms with Gasteiger partial charge in [0.2, 0.25) is 0 Å². The second-order valence-electron chi connectivity index (χ2n) is 5.30. The quantitative estimate of drug-likeness (QED) is 0.760. The van der Waals surface area contributed by atoms with Gasteiger partial charge in [-0.25, -0.2) is 4.98 Å². The van der Waals surface area contributed by atoms with Crippen molar-refractivity contribution in [2.45, 2.75) is 19.5 Å². The highest BCUT2D eigenvalue weighted by Gasteiger charge is 2.21. The van der Waals surface area contributed by atoms with Crippen LogP contribution in [0.2, 0.25) is 0 Å². The number of hydrogen-bond acceptors (Lipinski definition) is 5. The first-order valence-corrected chi connectivity index (χ1v) is 8.65. The molecule has 1 aromatic carbocycles. The van der Waals surface area contributed by atoms with Crippen molar-refractivity contribution in [3.63, 3.8) is 0 Å². The molecule has 5 nitrogen and oxygen atoms in total. The summed E-state index contributed by atoms with van der Waals surface area (Å²) >= 11 is 6.99. The Morgan fingerprint density at radius 3 is 2.61 bits per heavy atom. The third-order valence-corrected chi connectivity index (χ3v) is 4.82. The van der Waals surface area contributed by atoms with Crippen molar-refractivity contribution >= 4 is 43.2 Å². The van der Waals surface area contributed by atoms with E-state index in [0.717, 1.165) is 31.6 Å². The van der Waals surface area contributed by atoms with Gasteiger partial charge in [-0.15, -0.1) is 0 Å². The van der Waals surface area contributed by atoms with E-state index < -0.39 is 0 Å². The molecule has 120 valence electrons. The fourth-order valence-corrected chi connectivity index (χ4v) is 4.26. The second-order valence-corrected chi connectivity index (χ2v) is 7.01. The summed E-state index contributed by atoms with van der Waals surface area (Å²) in [5.41, 5.74) is 3.12. The zero-order chi connectivity index (χ0) is 16.6. The van der Waals surface area contributed by atoms with Gasteiger partial charge in [0.1, 0.15) is 5.75 Å². The Morgan fingerprint density at radius 2 is 1.96 bits per heavy atom. The van der Waals surface area contributed by atoms with E-state index in [2.05, 4.69) is 47.5 Å². The number of anilines is 2. The van der Waals surface area contributed by atoms with Crippen molar-refractivity contribution in [1.82, 2.24) is 4.98 Å². The average Bonchev–Trinajstić information content (AvgIpc) is 2.78. The molecular weight excluding hydrogens is 426 g/mol. The minimum atomic E-state index is -0.224. The molecule has 2 heterocycles. The summed E-state index contributed by atoms with van der Waals surface area (Å²) in [6.45, 7) is 2.00. The second kappa shape index (κ2) is 6.49. The van der Waals surface area contributed by atoms with Crippen LogP contribution in [0.3, 0.4) is 0 Å². The van der Waals surface area contributed by atoms with Gasteiger partial charge in [-0.05, 0) is 62.5 Å². The molecule has 3 rings (SSSR count). The van der Waals surface area contributed by atoms with Crippen molar-refractivity contribution in [2.24, 2.45) is 0 Å². The fourth-order valence-electron chi connectivity index (χ4n) is 2.66. The van der Waals surface area contributed by atoms with Crippen LogP contribution in [0, 0.1) is 0 Å². The first kappa shape index (κ1) is 16.3. The van der Waals surface area contributed by atoms with E-state index in [1.165, 1.54) is 6.20 Å². The predicted octanol–water partition coefficient (Wildman–Crippen LogP) is 3.75. The molecule has 0 spiro atoms. The Labute approximate surface area is 150 Å². The first-order chi connectivity index (χ1) is 11.0. The summed E-state index contributed by atoms with van der Waals surface area (Å²) in [6.07, 6.45) is 2.10. The molecule has 7 heteroatoms. The Morgan fingerprint density at radius 1 is 1.26 bits per heavy atom. The van der Waals surface area contributed by atoms with E-state index in [1.54, 1.807) is 7.11 Å². The molecule has 0 amide bonds. The lowest BCUT2D eigenvalue weighted by atomic mass is 10.0. The van der Waals surface area contributed by atoms with E-state index in [-0.39, 0.29) is 11.7 Å². The first-order valence-electron chi connectivity index (χ1n) is 7.06. The van der Waals surface area contributed by atoms with Crippen LogP contribution in [0.4, 0.5) is 11.4 Å². The van der Waals surface area contributed by atoms with Gasteiger partial charge in [0.25, 0.3) is 5.56 Å². The summed E-state index contributed by atoms with van der Waals surface area (Å²) < 4.78 is 6.99. The van der Waals surface area contributed by atoms with Crippen molar-refractivity contribution in [3.05, 3.63) is 54.8 Å². The van der Waals surface area contributed by atoms with Crippen LogP contribution in [-0.2, 0) is 6.42 Å². The molecule has 1 atom stereocenters. The molecule has 0 bridgehead atoms. The summed E-state index contributed by atoms with van der Waals surface area (Å²) in [6, 6.07) is 5.72. The summed E-state index contributed by atoms with van der Waals surface area (Å²) in [7, 11) is 1.62. The van der Waals surface area contributed by atoms with Crippen LogP contribution in [0.5, 0.6) is 5.75 Å². The zero-order valence-electron chi connectivity index (χ0n) is 12.6. The average molecular weight is 441 g/mol. The van der Waals surface area contributed by atoms with Gasteiger partial charge >= 0.3 is 0 Å². The monoisotopic (exact) mass is 439 g/mol. The Kier molecular flexibility index (Phi) is 4.59. The zero-order valence-corrected chi connectivity index (χ0v) is 15.8. The molecule has 0 saturated carbocycles. The molecule has 0 aliphatic carbocycles. The molecule has 0 radical (unpaired) electrons. The van der Waals surface area contributed by atoms with Gasteiger partial charge in [-0.3, -0.25) is 4.79 Å². The van der Waals surface area contributed by atoms with Gasteiger partial charge in [-0.1, -0.05) is 0 Å². The van der Waals surface area contributed by atoms with Crippen LogP contribution in [0.15, 0.2) is 38.1 Å². The van der Waals surface area contributed by atoms with E-state index >= 15 is 0 Å². The maximum absolute atomic E-state index is 12.4. The van der Waals surface area contributed by atoms with Gasteiger partial charge < -0.3 is 15.4 Å². The van der Waals surface area contributed by atoms with E-state index in [9.17, 15) is 4.79 Å². The number of benzene rings is 1. The third kappa shape index (κ3) is 3.21. The third-order valence-electron chi connectivity index (χ3n) is 3.64. The van der Waals surface area contributed by atoms with Crippen LogP contribution in [0.25, 0.3) is 0 Å². The number of halogens is 2. The van der Waals surface area contributed by atoms with Gasteiger partial charge in [0.15, 0.2) is 0 Å². The molecule has 0 fully saturated rings. The molecule has 2 aromatic rings. The topological polar surface area (TPSA) is 63.2 Å². The Hall–Kier alpha value is -1.60. The molecule has 0 saturated heterocycles. The number of methoxy groups -OCH3 is 1. The van der Waals surface area contributed by atoms with Gasteiger partial charge in [-0.2, -0.15) is 0 Å². The van der Waals surface area contributed by atoms with Crippen molar-refractivity contribution in [2.75, 3.05) is 17.7 Å². The van der Waals surface area contributed by atoms with E-state index in [4.69, 9.17) is 4.74 Å². The highest BCUT2D eigenvalue weighted by molar-refractivity contribution is 9.11. The van der Waals surface area contributed by atoms with Crippen LogP contribution in [-0.4, -0.2) is 18.3 Å². The molecular formula is C16H15Br2N3O2. The molecule has 23 heavy (non-hydrogen) atoms. The molecule has 1 aliphatic rings. The molecule has 1 aromatic heterocycles. The number of nitrogens with one attached hydrogen (secondary N) is 2. The lowest BCUT2D eigenvalue weighted by Gasteiger charge is -2.10. The van der Waals surface area contributed by atoms with Crippen molar-refractivity contribution in [1.29, 1.82) is 0 Å². The van der Waals surface area contributed by atoms with E-state index in [1.807, 2.05) is 25.1 Å². The number of fused-ring (bicyclic) bond motifs is 1. The summed E-state index contributed by atoms with van der Waals surface area (Å²) in [4.78, 5) is 16.3. The fraction of sp³-hybridized carbons (Fsp3) is 0.250. The standard InChI is InChI=1S/C16H15Br2N3O2/c1-8-20-13-3-4-19-16(22)10(14(13)21-8)5-9-6-11(17)15(23-2)12(18)7-9/h3-4,6-8,20-21H,5H2,1-2H3. The number of nitrogens with zero attached hydrogens (tertiary/aromatic N) is 1. The highest BCUT2D eigenvalue weighted by atomic mass is 79.9. The maximum atomic E-state index is 12.4. The molecule has 2 N–H and O–H groups in total. The minimum absolute atomic E-state index is 0.0832. The lowest BCUT2D eigenvalue weighted by molar-refractivity contribution is 0.409. The number of rotatable bonds is 3. The molecule has 1 unspecified atom stereocenters. The van der Waals surface area contributed by atoms with Gasteiger partial charge in [0, 0.05) is 18.2 Å². The van der Waals surface area contributed by atoms with Crippen LogP contribution in [0.1, 0.15) is 18.1 Å². The largest absolute Gasteiger partial charge is 0.494 e.